The minimum Gasteiger partial charge on any atom is -0.393 e. The maximum Gasteiger partial charge on any atom is 0.251 e. The van der Waals surface area contributed by atoms with Crippen LogP contribution in [-0.4, -0.2) is 45.0 Å². The van der Waals surface area contributed by atoms with E-state index in [9.17, 15) is 9.90 Å². The molecule has 1 unspecified atom stereocenters. The Morgan fingerprint density at radius 1 is 1.52 bits per heavy atom. The Hall–Kier alpha value is -1.75. The number of aromatic amines is 1. The zero-order valence-electron chi connectivity index (χ0n) is 12.4. The molecule has 23 heavy (non-hydrogen) atoms. The second-order valence-electron chi connectivity index (χ2n) is 5.74. The van der Waals surface area contributed by atoms with Crippen LogP contribution in [0.1, 0.15) is 20.1 Å². The van der Waals surface area contributed by atoms with Crippen molar-refractivity contribution in [2.75, 3.05) is 6.61 Å². The molecule has 0 saturated carbocycles. The van der Waals surface area contributed by atoms with Crippen molar-refractivity contribution in [3.63, 3.8) is 0 Å². The van der Waals surface area contributed by atoms with Crippen molar-refractivity contribution in [1.82, 2.24) is 9.55 Å². The first-order chi connectivity index (χ1) is 10.8. The van der Waals surface area contributed by atoms with E-state index in [-0.39, 0.29) is 10.3 Å². The van der Waals surface area contributed by atoms with Crippen LogP contribution in [0.5, 0.6) is 0 Å². The number of ether oxygens (including phenoxy) is 3. The lowest BCUT2D eigenvalue weighted by atomic mass is 10.1. The first kappa shape index (κ1) is 16.1. The molecule has 11 heteroatoms. The van der Waals surface area contributed by atoms with Crippen molar-refractivity contribution in [1.29, 1.82) is 0 Å². The van der Waals surface area contributed by atoms with Crippen LogP contribution in [0.3, 0.4) is 0 Å². The lowest BCUT2D eigenvalue weighted by Gasteiger charge is -2.29. The van der Waals surface area contributed by atoms with Gasteiger partial charge in [0.15, 0.2) is 16.8 Å². The van der Waals surface area contributed by atoms with Gasteiger partial charge in [0.2, 0.25) is 5.72 Å². The molecule has 3 heterocycles. The molecule has 1 aromatic heterocycles. The number of nitrogens with one attached hydrogen (secondary N) is 1. The Kier molecular flexibility index (Phi) is 3.79. The summed E-state index contributed by atoms with van der Waals surface area (Å²) in [5.41, 5.74) is 6.83. The van der Waals surface area contributed by atoms with Crippen LogP contribution in [0.2, 0.25) is 0 Å². The van der Waals surface area contributed by atoms with Crippen molar-refractivity contribution in [2.24, 2.45) is 5.11 Å². The Morgan fingerprint density at radius 3 is 2.87 bits per heavy atom. The maximum absolute atomic E-state index is 11.3. The molecule has 2 aliphatic heterocycles. The Balaban J connectivity index is 2.10. The summed E-state index contributed by atoms with van der Waals surface area (Å²) in [6, 6.07) is 1.28. The fourth-order valence-corrected chi connectivity index (χ4v) is 3.11. The van der Waals surface area contributed by atoms with Gasteiger partial charge in [-0.05, 0) is 31.6 Å². The monoisotopic (exact) mass is 341 g/mol. The van der Waals surface area contributed by atoms with Gasteiger partial charge >= 0.3 is 0 Å². The van der Waals surface area contributed by atoms with E-state index < -0.39 is 36.6 Å². The van der Waals surface area contributed by atoms with Gasteiger partial charge in [-0.25, -0.2) is 0 Å². The molecule has 4 atom stereocenters. The number of rotatable bonds is 3. The second kappa shape index (κ2) is 5.41. The normalized spacial score (nSPS) is 34.8. The number of hydrogen-bond acceptors (Lipinski definition) is 7. The van der Waals surface area contributed by atoms with Crippen molar-refractivity contribution < 1.29 is 19.3 Å². The summed E-state index contributed by atoms with van der Waals surface area (Å²) in [4.78, 5) is 16.6. The fraction of sp³-hybridized carbons (Fsp3) is 0.667. The zero-order valence-corrected chi connectivity index (χ0v) is 13.2. The largest absolute Gasteiger partial charge is 0.393 e. The summed E-state index contributed by atoms with van der Waals surface area (Å²) in [6.07, 6.45) is -0.887. The van der Waals surface area contributed by atoms with Gasteiger partial charge in [0.05, 0.1) is 6.61 Å². The lowest BCUT2D eigenvalue weighted by Crippen LogP contribution is -2.44. The average molecular weight is 341 g/mol. The van der Waals surface area contributed by atoms with Crippen molar-refractivity contribution in [3.05, 3.63) is 37.8 Å². The van der Waals surface area contributed by atoms with Gasteiger partial charge in [-0.3, -0.25) is 14.3 Å². The summed E-state index contributed by atoms with van der Waals surface area (Å²) < 4.78 is 18.9. The highest BCUT2D eigenvalue weighted by Crippen LogP contribution is 2.48. The number of H-pyrrole nitrogens is 1. The molecule has 2 aliphatic rings. The summed E-state index contributed by atoms with van der Waals surface area (Å²) in [5, 5.41) is 13.3. The highest BCUT2D eigenvalue weighted by atomic mass is 32.1. The van der Waals surface area contributed by atoms with E-state index in [1.54, 1.807) is 13.8 Å². The predicted molar refractivity (Wildman–Crippen MR) is 78.8 cm³/mol. The molecule has 2 saturated heterocycles. The molecule has 0 aliphatic carbocycles. The SMILES string of the molecule is CC1(C)O[C@H]2C(n3ccc(=O)[nH]c3=S)O[C@@](CO)(N=[N+]=[N-])[C@H]2O1. The van der Waals surface area contributed by atoms with Gasteiger partial charge in [-0.15, -0.1) is 0 Å². The van der Waals surface area contributed by atoms with Gasteiger partial charge in [-0.2, -0.15) is 0 Å². The molecule has 10 nitrogen and oxygen atoms in total. The van der Waals surface area contributed by atoms with Crippen LogP contribution in [0, 0.1) is 4.77 Å². The Labute approximate surface area is 135 Å². The standard InChI is InChI=1S/C12H15N5O5S/c1-11(2)20-7-8(21-11)12(5-18,15-16-13)22-9(7)17-4-3-6(19)14-10(17)23/h3-4,7-9,18H,5H2,1-2H3,(H,14,19,23)/t7-,8+,9?,12-/m1/s1. The molecular formula is C12H15N5O5S. The van der Waals surface area contributed by atoms with E-state index in [0.29, 0.717) is 0 Å². The molecule has 124 valence electrons. The van der Waals surface area contributed by atoms with Crippen LogP contribution >= 0.6 is 12.2 Å². The van der Waals surface area contributed by atoms with E-state index in [0.717, 1.165) is 0 Å². The van der Waals surface area contributed by atoms with Crippen LogP contribution in [0.4, 0.5) is 0 Å². The number of fused-ring (bicyclic) bond motifs is 1. The quantitative estimate of drug-likeness (QED) is 0.364. The highest BCUT2D eigenvalue weighted by Gasteiger charge is 2.63. The van der Waals surface area contributed by atoms with Gasteiger partial charge in [0.25, 0.3) is 5.56 Å². The molecule has 0 radical (unpaired) electrons. The number of azide groups is 1. The summed E-state index contributed by atoms with van der Waals surface area (Å²) in [6.45, 7) is 2.81. The summed E-state index contributed by atoms with van der Waals surface area (Å²) in [5.74, 6) is -0.951. The minimum absolute atomic E-state index is 0.115. The third kappa shape index (κ3) is 2.57. The number of hydrogen-bond donors (Lipinski definition) is 2. The van der Waals surface area contributed by atoms with Crippen LogP contribution in [0.15, 0.2) is 22.2 Å². The van der Waals surface area contributed by atoms with Gasteiger partial charge < -0.3 is 19.3 Å². The van der Waals surface area contributed by atoms with E-state index in [4.69, 9.17) is 32.0 Å². The molecule has 0 spiro atoms. The smallest absolute Gasteiger partial charge is 0.251 e. The fourth-order valence-electron chi connectivity index (χ4n) is 2.85. The van der Waals surface area contributed by atoms with E-state index >= 15 is 0 Å². The summed E-state index contributed by atoms with van der Waals surface area (Å²) >= 11 is 5.13. The molecule has 0 bridgehead atoms. The second-order valence-corrected chi connectivity index (χ2v) is 6.13. The average Bonchev–Trinajstić information content (AvgIpc) is 2.93. The van der Waals surface area contributed by atoms with E-state index in [2.05, 4.69) is 15.0 Å². The van der Waals surface area contributed by atoms with Gasteiger partial charge in [0, 0.05) is 17.2 Å². The third-order valence-electron chi connectivity index (χ3n) is 3.75. The number of aromatic nitrogens is 2. The van der Waals surface area contributed by atoms with Crippen molar-refractivity contribution in [2.45, 2.75) is 43.8 Å². The molecule has 3 rings (SSSR count). The lowest BCUT2D eigenvalue weighted by molar-refractivity contribution is -0.225. The van der Waals surface area contributed by atoms with Crippen molar-refractivity contribution in [3.8, 4) is 0 Å². The maximum atomic E-state index is 11.3. The first-order valence-electron chi connectivity index (χ1n) is 6.84. The van der Waals surface area contributed by atoms with Crippen molar-refractivity contribution >= 4 is 12.2 Å². The van der Waals surface area contributed by atoms with E-state index in [1.807, 2.05) is 0 Å². The Bertz CT molecular complexity index is 785. The first-order valence-corrected chi connectivity index (χ1v) is 7.25. The number of nitrogens with zero attached hydrogens (tertiary/aromatic N) is 4. The topological polar surface area (TPSA) is 134 Å². The molecule has 0 aromatic carbocycles. The molecule has 0 amide bonds. The van der Waals surface area contributed by atoms with Crippen LogP contribution < -0.4 is 5.56 Å². The number of aliphatic hydroxyl groups is 1. The highest BCUT2D eigenvalue weighted by molar-refractivity contribution is 7.71. The predicted octanol–water partition coefficient (Wildman–Crippen LogP) is 0.954. The van der Waals surface area contributed by atoms with Crippen LogP contribution in [-0.2, 0) is 14.2 Å². The molecule has 1 aromatic rings. The van der Waals surface area contributed by atoms with Gasteiger partial charge in [0.1, 0.15) is 12.2 Å². The number of aliphatic hydroxyl groups excluding tert-OH is 1. The minimum atomic E-state index is -1.64. The third-order valence-corrected chi connectivity index (χ3v) is 4.06. The van der Waals surface area contributed by atoms with Gasteiger partial charge in [-0.1, -0.05) is 5.11 Å². The Morgan fingerprint density at radius 2 is 2.26 bits per heavy atom. The summed E-state index contributed by atoms with van der Waals surface area (Å²) in [7, 11) is 0. The van der Waals surface area contributed by atoms with E-state index in [1.165, 1.54) is 16.8 Å². The molecular weight excluding hydrogens is 326 g/mol. The molecule has 2 N–H and O–H groups in total. The molecule has 2 fully saturated rings. The van der Waals surface area contributed by atoms with Crippen LogP contribution in [0.25, 0.3) is 10.4 Å². The zero-order chi connectivity index (χ0) is 16.8.